The van der Waals surface area contributed by atoms with E-state index in [4.69, 9.17) is 28.4 Å². The fourth-order valence-corrected chi connectivity index (χ4v) is 2.82. The molecule has 0 N–H and O–H groups in total. The van der Waals surface area contributed by atoms with Crippen molar-refractivity contribution >= 4 is 22.7 Å². The Morgan fingerprint density at radius 3 is 2.03 bits per heavy atom. The van der Waals surface area contributed by atoms with Gasteiger partial charge < -0.3 is 28.4 Å². The van der Waals surface area contributed by atoms with Crippen molar-refractivity contribution in [1.82, 2.24) is 0 Å². The molecule has 1 fully saturated rings. The van der Waals surface area contributed by atoms with E-state index in [0.717, 1.165) is 10.8 Å². The number of epoxide rings is 1. The first-order chi connectivity index (χ1) is 15.9. The Balaban J connectivity index is 1.76. The van der Waals surface area contributed by atoms with Gasteiger partial charge in [-0.25, -0.2) is 9.59 Å². The van der Waals surface area contributed by atoms with Crippen LogP contribution in [0.15, 0.2) is 54.6 Å². The average molecular weight is 456 g/mol. The maximum absolute atomic E-state index is 11.6. The molecule has 33 heavy (non-hydrogen) atoms. The van der Waals surface area contributed by atoms with Gasteiger partial charge in [-0.3, -0.25) is 0 Å². The van der Waals surface area contributed by atoms with E-state index in [1.54, 1.807) is 19.9 Å². The van der Waals surface area contributed by atoms with Crippen LogP contribution in [-0.4, -0.2) is 57.7 Å². The maximum atomic E-state index is 11.6. The molecule has 0 aliphatic carbocycles. The first-order valence-electron chi connectivity index (χ1n) is 10.6. The fraction of sp³-hybridized carbons (Fsp3) is 0.360. The van der Waals surface area contributed by atoms with Crippen molar-refractivity contribution in [1.29, 1.82) is 0 Å². The molecule has 0 spiro atoms. The van der Waals surface area contributed by atoms with Gasteiger partial charge in [-0.15, -0.1) is 0 Å². The average Bonchev–Trinajstić information content (AvgIpc) is 3.63. The predicted octanol–water partition coefficient (Wildman–Crippen LogP) is 3.61. The molecule has 2 aromatic rings. The Morgan fingerprint density at radius 2 is 1.45 bits per heavy atom. The molecule has 0 radical (unpaired) electrons. The summed E-state index contributed by atoms with van der Waals surface area (Å²) >= 11 is 0. The molecule has 1 aliphatic heterocycles. The molecule has 1 aliphatic rings. The third kappa shape index (κ3) is 6.98. The zero-order chi connectivity index (χ0) is 23.8. The molecule has 176 valence electrons. The molecule has 8 heteroatoms. The molecule has 0 aromatic heterocycles. The van der Waals surface area contributed by atoms with E-state index in [0.29, 0.717) is 41.6 Å². The van der Waals surface area contributed by atoms with Crippen molar-refractivity contribution in [2.75, 3.05) is 39.6 Å². The summed E-state index contributed by atoms with van der Waals surface area (Å²) in [4.78, 5) is 23.2. The van der Waals surface area contributed by atoms with Gasteiger partial charge in [0.2, 0.25) is 0 Å². The van der Waals surface area contributed by atoms with Gasteiger partial charge in [0.25, 0.3) is 0 Å². The van der Waals surface area contributed by atoms with Crippen LogP contribution in [0.2, 0.25) is 0 Å². The van der Waals surface area contributed by atoms with Crippen molar-refractivity contribution in [2.24, 2.45) is 0 Å². The summed E-state index contributed by atoms with van der Waals surface area (Å²) in [5.74, 6) is 0.614. The van der Waals surface area contributed by atoms with Gasteiger partial charge in [0.1, 0.15) is 44.9 Å². The van der Waals surface area contributed by atoms with Gasteiger partial charge >= 0.3 is 11.9 Å². The number of benzene rings is 2. The molecule has 1 unspecified atom stereocenters. The van der Waals surface area contributed by atoms with E-state index in [1.807, 2.05) is 24.3 Å². The predicted molar refractivity (Wildman–Crippen MR) is 122 cm³/mol. The third-order valence-corrected chi connectivity index (χ3v) is 4.58. The van der Waals surface area contributed by atoms with Crippen molar-refractivity contribution < 1.29 is 38.0 Å². The highest BCUT2D eigenvalue weighted by molar-refractivity contribution is 5.95. The lowest BCUT2D eigenvalue weighted by atomic mass is 10.1. The highest BCUT2D eigenvalue weighted by Crippen LogP contribution is 2.42. The third-order valence-electron chi connectivity index (χ3n) is 4.58. The lowest BCUT2D eigenvalue weighted by Gasteiger charge is -2.18. The van der Waals surface area contributed by atoms with Gasteiger partial charge in [0, 0.05) is 28.0 Å². The number of esters is 2. The van der Waals surface area contributed by atoms with Crippen LogP contribution in [0.5, 0.6) is 17.2 Å². The first kappa shape index (κ1) is 24.1. The summed E-state index contributed by atoms with van der Waals surface area (Å²) in [6.07, 6.45) is 0.0479. The van der Waals surface area contributed by atoms with Gasteiger partial charge in [-0.2, -0.15) is 0 Å². The van der Waals surface area contributed by atoms with E-state index in [2.05, 4.69) is 13.2 Å². The Morgan fingerprint density at radius 1 is 0.879 bits per heavy atom. The largest absolute Gasteiger partial charge is 0.489 e. The minimum atomic E-state index is -0.470. The first-order valence-corrected chi connectivity index (χ1v) is 10.6. The van der Waals surface area contributed by atoms with Crippen molar-refractivity contribution in [3.8, 4) is 17.2 Å². The van der Waals surface area contributed by atoms with E-state index in [-0.39, 0.29) is 32.5 Å². The van der Waals surface area contributed by atoms with Gasteiger partial charge in [-0.1, -0.05) is 37.4 Å². The second kappa shape index (κ2) is 11.4. The van der Waals surface area contributed by atoms with Crippen LogP contribution in [-0.2, 0) is 23.8 Å². The molecular weight excluding hydrogens is 428 g/mol. The molecule has 1 heterocycles. The fourth-order valence-electron chi connectivity index (χ4n) is 2.82. The molecule has 0 saturated carbocycles. The molecule has 2 aromatic carbocycles. The van der Waals surface area contributed by atoms with E-state index in [9.17, 15) is 9.59 Å². The Labute approximate surface area is 192 Å². The van der Waals surface area contributed by atoms with Crippen molar-refractivity contribution in [3.63, 3.8) is 0 Å². The second-order valence-corrected chi connectivity index (χ2v) is 7.54. The van der Waals surface area contributed by atoms with Crippen LogP contribution in [0.3, 0.4) is 0 Å². The van der Waals surface area contributed by atoms with Gasteiger partial charge in [0.05, 0.1) is 6.61 Å². The highest BCUT2D eigenvalue weighted by atomic mass is 16.6. The summed E-state index contributed by atoms with van der Waals surface area (Å²) in [5, 5.41) is 1.57. The zero-order valence-electron chi connectivity index (χ0n) is 18.9. The number of ether oxygens (including phenoxy) is 6. The van der Waals surface area contributed by atoms with E-state index < -0.39 is 11.9 Å². The van der Waals surface area contributed by atoms with E-state index in [1.165, 1.54) is 0 Å². The second-order valence-electron chi connectivity index (χ2n) is 7.54. The van der Waals surface area contributed by atoms with Crippen LogP contribution in [0.1, 0.15) is 13.8 Å². The standard InChI is InChI=1S/C25H28O8/c1-16(2)24(26)30-11-9-28-21-13-22(33-15-18-14-32-18)23(20-8-6-5-7-19(20)21)29-10-12-31-25(27)17(3)4/h5-8,13,18H,1,3,9-12,14-15H2,2,4H3. The summed E-state index contributed by atoms with van der Waals surface area (Å²) in [7, 11) is 0. The molecule has 8 nitrogen and oxygen atoms in total. The number of carbonyl (C=O) groups is 2. The monoisotopic (exact) mass is 456 g/mol. The lowest BCUT2D eigenvalue weighted by molar-refractivity contribution is -0.140. The quantitative estimate of drug-likeness (QED) is 0.195. The molecule has 0 amide bonds. The van der Waals surface area contributed by atoms with Crippen LogP contribution in [0, 0.1) is 0 Å². The summed E-state index contributed by atoms with van der Waals surface area (Å²) in [5.41, 5.74) is 0.651. The maximum Gasteiger partial charge on any atom is 0.333 e. The molecule has 1 atom stereocenters. The smallest absolute Gasteiger partial charge is 0.333 e. The number of fused-ring (bicyclic) bond motifs is 1. The minimum Gasteiger partial charge on any atom is -0.489 e. The van der Waals surface area contributed by atoms with Gasteiger partial charge in [0.15, 0.2) is 11.5 Å². The Bertz CT molecular complexity index is 1040. The number of hydrogen-bond acceptors (Lipinski definition) is 8. The van der Waals surface area contributed by atoms with Crippen LogP contribution in [0.25, 0.3) is 10.8 Å². The van der Waals surface area contributed by atoms with E-state index >= 15 is 0 Å². The normalized spacial score (nSPS) is 14.3. The van der Waals surface area contributed by atoms with Crippen molar-refractivity contribution in [3.05, 3.63) is 54.6 Å². The lowest BCUT2D eigenvalue weighted by Crippen LogP contribution is -2.14. The summed E-state index contributed by atoms with van der Waals surface area (Å²) in [6, 6.07) is 9.28. The molecule has 0 bridgehead atoms. The molecule has 1 saturated heterocycles. The SMILES string of the molecule is C=C(C)C(=O)OCCOc1cc(OCC2CO2)c(OCCOC(=O)C(=C)C)c2ccccc12. The number of hydrogen-bond donors (Lipinski definition) is 0. The zero-order valence-corrected chi connectivity index (χ0v) is 18.9. The number of rotatable bonds is 13. The highest BCUT2D eigenvalue weighted by Gasteiger charge is 2.25. The Hall–Kier alpha value is -3.52. The van der Waals surface area contributed by atoms with Gasteiger partial charge in [-0.05, 0) is 13.8 Å². The Kier molecular flexibility index (Phi) is 8.32. The molecule has 3 rings (SSSR count). The topological polar surface area (TPSA) is 92.8 Å². The van der Waals surface area contributed by atoms with Crippen molar-refractivity contribution in [2.45, 2.75) is 20.0 Å². The van der Waals surface area contributed by atoms with Crippen LogP contribution < -0.4 is 14.2 Å². The summed E-state index contributed by atoms with van der Waals surface area (Å²) in [6.45, 7) is 11.7. The molecular formula is C25H28O8. The summed E-state index contributed by atoms with van der Waals surface area (Å²) < 4.78 is 33.3. The number of carbonyl (C=O) groups excluding carboxylic acids is 2. The van der Waals surface area contributed by atoms with Crippen LogP contribution in [0.4, 0.5) is 0 Å². The van der Waals surface area contributed by atoms with Crippen LogP contribution >= 0.6 is 0 Å². The minimum absolute atomic E-state index is 0.0479.